The lowest BCUT2D eigenvalue weighted by molar-refractivity contribution is 0.691. The van der Waals surface area contributed by atoms with Crippen LogP contribution in [0.1, 0.15) is 22.0 Å². The molecule has 0 bridgehead atoms. The molecule has 1 atom stereocenters. The highest BCUT2D eigenvalue weighted by molar-refractivity contribution is 9.11. The molecule has 0 spiro atoms. The Hall–Kier alpha value is -0.350. The fraction of sp³-hybridized carbons (Fsp3) is 0.231. The van der Waals surface area contributed by atoms with Crippen LogP contribution in [-0.2, 0) is 0 Å². The molecule has 0 saturated carbocycles. The second-order valence-electron chi connectivity index (χ2n) is 3.81. The fourth-order valence-electron chi connectivity index (χ4n) is 1.93. The molecule has 2 aromatic rings. The molecule has 1 aromatic carbocycles. The number of hydrogen-bond acceptors (Lipinski definition) is 2. The normalized spacial score (nSPS) is 12.7. The maximum Gasteiger partial charge on any atom is 0.0704 e. The van der Waals surface area contributed by atoms with Crippen LogP contribution in [0.5, 0.6) is 0 Å². The monoisotopic (exact) mass is 329 g/mol. The summed E-state index contributed by atoms with van der Waals surface area (Å²) in [5.41, 5.74) is 2.39. The molecular formula is C13H13BrClNS. The first-order chi connectivity index (χ1) is 8.13. The molecule has 2 rings (SSSR count). The predicted molar refractivity (Wildman–Crippen MR) is 79.1 cm³/mol. The van der Waals surface area contributed by atoms with Crippen molar-refractivity contribution in [2.45, 2.75) is 13.0 Å². The quantitative estimate of drug-likeness (QED) is 0.854. The Labute approximate surface area is 119 Å². The Morgan fingerprint density at radius 1 is 1.29 bits per heavy atom. The van der Waals surface area contributed by atoms with Crippen LogP contribution < -0.4 is 5.32 Å². The lowest BCUT2D eigenvalue weighted by atomic mass is 10.00. The Kier molecular flexibility index (Phi) is 4.26. The molecule has 0 aliphatic heterocycles. The predicted octanol–water partition coefficient (Wildman–Crippen LogP) is 4.78. The van der Waals surface area contributed by atoms with Crippen LogP contribution in [0.3, 0.4) is 0 Å². The number of aryl methyl sites for hydroxylation is 1. The summed E-state index contributed by atoms with van der Waals surface area (Å²) < 4.78 is 1.15. The molecule has 0 radical (unpaired) electrons. The Bertz CT molecular complexity index is 524. The van der Waals surface area contributed by atoms with Gasteiger partial charge in [-0.15, -0.1) is 11.3 Å². The summed E-state index contributed by atoms with van der Waals surface area (Å²) in [6, 6.07) is 10.3. The number of thiophene rings is 1. The van der Waals surface area contributed by atoms with E-state index in [1.54, 1.807) is 11.3 Å². The Morgan fingerprint density at radius 2 is 2.00 bits per heavy atom. The van der Waals surface area contributed by atoms with Crippen molar-refractivity contribution in [2.24, 2.45) is 0 Å². The molecule has 1 aromatic heterocycles. The molecule has 1 unspecified atom stereocenters. The van der Waals surface area contributed by atoms with E-state index in [-0.39, 0.29) is 6.04 Å². The van der Waals surface area contributed by atoms with Gasteiger partial charge >= 0.3 is 0 Å². The topological polar surface area (TPSA) is 12.0 Å². The molecule has 0 aliphatic rings. The van der Waals surface area contributed by atoms with E-state index in [2.05, 4.69) is 40.3 Å². The van der Waals surface area contributed by atoms with E-state index >= 15 is 0 Å². The van der Waals surface area contributed by atoms with Gasteiger partial charge in [-0.2, -0.15) is 0 Å². The van der Waals surface area contributed by atoms with Gasteiger partial charge in [-0.3, -0.25) is 0 Å². The minimum absolute atomic E-state index is 0.145. The highest BCUT2D eigenvalue weighted by atomic mass is 79.9. The lowest BCUT2D eigenvalue weighted by Crippen LogP contribution is -2.18. The van der Waals surface area contributed by atoms with Crippen LogP contribution in [0.2, 0.25) is 5.02 Å². The zero-order valence-electron chi connectivity index (χ0n) is 9.63. The van der Waals surface area contributed by atoms with Gasteiger partial charge in [-0.25, -0.2) is 0 Å². The average molecular weight is 331 g/mol. The summed E-state index contributed by atoms with van der Waals surface area (Å²) in [5.74, 6) is 0. The van der Waals surface area contributed by atoms with E-state index < -0.39 is 0 Å². The standard InChI is InChI=1S/C13H13BrClNS/c1-8-10(7-12(14)17-8)13(16-2)9-5-3-4-6-11(9)15/h3-7,13,16H,1-2H3. The molecule has 4 heteroatoms. The van der Waals surface area contributed by atoms with Gasteiger partial charge in [0.25, 0.3) is 0 Å². The smallest absolute Gasteiger partial charge is 0.0704 e. The van der Waals surface area contributed by atoms with Gasteiger partial charge in [0.2, 0.25) is 0 Å². The van der Waals surface area contributed by atoms with Crippen LogP contribution in [0.15, 0.2) is 34.1 Å². The van der Waals surface area contributed by atoms with Crippen molar-refractivity contribution < 1.29 is 0 Å². The van der Waals surface area contributed by atoms with Crippen LogP contribution in [0.25, 0.3) is 0 Å². The molecule has 17 heavy (non-hydrogen) atoms. The van der Waals surface area contributed by atoms with Gasteiger partial charge in [0.05, 0.1) is 9.83 Å². The highest BCUT2D eigenvalue weighted by Gasteiger charge is 2.18. The van der Waals surface area contributed by atoms with Gasteiger partial charge in [0, 0.05) is 9.90 Å². The van der Waals surface area contributed by atoms with Crippen LogP contribution in [0.4, 0.5) is 0 Å². The summed E-state index contributed by atoms with van der Waals surface area (Å²) >= 11 is 11.5. The van der Waals surface area contributed by atoms with E-state index in [1.165, 1.54) is 10.4 Å². The third-order valence-electron chi connectivity index (χ3n) is 2.74. The molecular weight excluding hydrogens is 318 g/mol. The van der Waals surface area contributed by atoms with Crippen molar-refractivity contribution in [3.63, 3.8) is 0 Å². The lowest BCUT2D eigenvalue weighted by Gasteiger charge is -2.18. The second-order valence-corrected chi connectivity index (χ2v) is 6.85. The van der Waals surface area contributed by atoms with Crippen LogP contribution in [0, 0.1) is 6.92 Å². The van der Waals surface area contributed by atoms with Crippen molar-refractivity contribution >= 4 is 38.9 Å². The van der Waals surface area contributed by atoms with E-state index in [1.807, 2.05) is 25.2 Å². The van der Waals surface area contributed by atoms with Gasteiger partial charge in [0.1, 0.15) is 0 Å². The van der Waals surface area contributed by atoms with Crippen LogP contribution >= 0.6 is 38.9 Å². The van der Waals surface area contributed by atoms with Crippen LogP contribution in [-0.4, -0.2) is 7.05 Å². The van der Waals surface area contributed by atoms with E-state index in [4.69, 9.17) is 11.6 Å². The summed E-state index contributed by atoms with van der Waals surface area (Å²) in [7, 11) is 1.96. The number of benzene rings is 1. The average Bonchev–Trinajstić information content (AvgIpc) is 2.62. The maximum absolute atomic E-state index is 6.26. The molecule has 90 valence electrons. The number of hydrogen-bond donors (Lipinski definition) is 1. The number of rotatable bonds is 3. The summed E-state index contributed by atoms with van der Waals surface area (Å²) in [5, 5.41) is 4.13. The molecule has 0 aliphatic carbocycles. The minimum atomic E-state index is 0.145. The van der Waals surface area contributed by atoms with E-state index in [9.17, 15) is 0 Å². The second kappa shape index (κ2) is 5.53. The van der Waals surface area contributed by atoms with Crippen molar-refractivity contribution in [3.8, 4) is 0 Å². The maximum atomic E-state index is 6.26. The molecule has 0 fully saturated rings. The zero-order valence-corrected chi connectivity index (χ0v) is 12.8. The minimum Gasteiger partial charge on any atom is -0.309 e. The van der Waals surface area contributed by atoms with Gasteiger partial charge in [-0.05, 0) is 53.2 Å². The van der Waals surface area contributed by atoms with Crippen molar-refractivity contribution in [2.75, 3.05) is 7.05 Å². The summed E-state index contributed by atoms with van der Waals surface area (Å²) in [6.07, 6.45) is 0. The third-order valence-corrected chi connectivity index (χ3v) is 4.66. The summed E-state index contributed by atoms with van der Waals surface area (Å²) in [6.45, 7) is 2.13. The number of nitrogens with one attached hydrogen (secondary N) is 1. The van der Waals surface area contributed by atoms with E-state index in [0.29, 0.717) is 0 Å². The molecule has 1 heterocycles. The Morgan fingerprint density at radius 3 is 2.53 bits per heavy atom. The molecule has 1 nitrogen and oxygen atoms in total. The first-order valence-corrected chi connectivity index (χ1v) is 7.29. The zero-order chi connectivity index (χ0) is 12.4. The highest BCUT2D eigenvalue weighted by Crippen LogP contribution is 2.35. The molecule has 0 amide bonds. The fourth-order valence-corrected chi connectivity index (χ4v) is 3.93. The number of halogens is 2. The first-order valence-electron chi connectivity index (χ1n) is 5.31. The Balaban J connectivity index is 2.47. The van der Waals surface area contributed by atoms with Crippen molar-refractivity contribution in [3.05, 3.63) is 55.1 Å². The van der Waals surface area contributed by atoms with Crippen molar-refractivity contribution in [1.82, 2.24) is 5.32 Å². The van der Waals surface area contributed by atoms with Gasteiger partial charge < -0.3 is 5.32 Å². The largest absolute Gasteiger partial charge is 0.309 e. The first kappa shape index (κ1) is 13.1. The SMILES string of the molecule is CNC(c1ccccc1Cl)c1cc(Br)sc1C. The van der Waals surface area contributed by atoms with Gasteiger partial charge in [0.15, 0.2) is 0 Å². The third kappa shape index (κ3) is 2.74. The molecule has 1 N–H and O–H groups in total. The van der Waals surface area contributed by atoms with E-state index in [0.717, 1.165) is 14.4 Å². The summed E-state index contributed by atoms with van der Waals surface area (Å²) in [4.78, 5) is 1.30. The van der Waals surface area contributed by atoms with Gasteiger partial charge in [-0.1, -0.05) is 29.8 Å². The molecule has 0 saturated heterocycles. The van der Waals surface area contributed by atoms with Crippen molar-refractivity contribution in [1.29, 1.82) is 0 Å².